The van der Waals surface area contributed by atoms with Crippen LogP contribution in [-0.2, 0) is 4.79 Å². The van der Waals surface area contributed by atoms with Crippen molar-refractivity contribution in [2.45, 2.75) is 353 Å². The minimum absolute atomic E-state index is 0.135. The Morgan fingerprint density at radius 2 is 0.548 bits per heavy atom. The van der Waals surface area contributed by atoms with Gasteiger partial charge in [-0.1, -0.05) is 316 Å². The third kappa shape index (κ3) is 47.3. The molecule has 0 aromatic heterocycles. The van der Waals surface area contributed by atoms with Gasteiger partial charge in [-0.2, -0.15) is 0 Å². The van der Waals surface area contributed by atoms with Crippen LogP contribution in [0.2, 0.25) is 0 Å². The molecular weight excluding hydrogens is 763 g/mol. The zero-order valence-electron chi connectivity index (χ0n) is 42.5. The molecule has 0 aliphatic heterocycles. The van der Waals surface area contributed by atoms with Crippen molar-refractivity contribution in [3.05, 3.63) is 0 Å². The summed E-state index contributed by atoms with van der Waals surface area (Å²) in [4.78, 5) is 12.5. The molecule has 0 fully saturated rings. The van der Waals surface area contributed by atoms with E-state index in [1.165, 1.54) is 276 Å². The molecule has 62 heavy (non-hydrogen) atoms. The fraction of sp³-hybridized carbons (Fsp3) is 0.982. The molecule has 5 heteroatoms. The second kappa shape index (κ2) is 53.0. The van der Waals surface area contributed by atoms with Gasteiger partial charge in [-0.25, -0.2) is 0 Å². The Morgan fingerprint density at radius 3 is 0.774 bits per heavy atom. The number of nitrogens with one attached hydrogen (secondary N) is 1. The molecule has 0 radical (unpaired) electrons. The first kappa shape index (κ1) is 61.4. The fourth-order valence-corrected chi connectivity index (χ4v) is 9.52. The lowest BCUT2D eigenvalue weighted by atomic mass is 9.99. The molecule has 0 saturated carbocycles. The van der Waals surface area contributed by atoms with E-state index < -0.39 is 18.2 Å². The number of unbranched alkanes of at least 4 members (excludes halogenated alkanes) is 46. The molecule has 0 aromatic carbocycles. The Morgan fingerprint density at radius 1 is 0.339 bits per heavy atom. The summed E-state index contributed by atoms with van der Waals surface area (Å²) in [7, 11) is 0. The average molecular weight is 879 g/mol. The van der Waals surface area contributed by atoms with Crippen LogP contribution in [0.4, 0.5) is 0 Å². The zero-order valence-corrected chi connectivity index (χ0v) is 42.5. The predicted molar refractivity (Wildman–Crippen MR) is 273 cm³/mol. The molecule has 1 amide bonds. The van der Waals surface area contributed by atoms with E-state index in [0.717, 1.165) is 32.1 Å². The van der Waals surface area contributed by atoms with Crippen LogP contribution in [0.1, 0.15) is 335 Å². The lowest BCUT2D eigenvalue weighted by Crippen LogP contribution is -2.50. The number of carbonyl (C=O) groups excluding carboxylic acids is 1. The van der Waals surface area contributed by atoms with Gasteiger partial charge in [-0.05, 0) is 12.8 Å². The number of hydrogen-bond acceptors (Lipinski definition) is 4. The summed E-state index contributed by atoms with van der Waals surface area (Å²) < 4.78 is 0. The Bertz CT molecular complexity index is 838. The predicted octanol–water partition coefficient (Wildman–Crippen LogP) is 17.7. The van der Waals surface area contributed by atoms with Crippen LogP contribution >= 0.6 is 0 Å². The smallest absolute Gasteiger partial charge is 0.220 e. The van der Waals surface area contributed by atoms with Gasteiger partial charge in [0.1, 0.15) is 6.10 Å². The Hall–Kier alpha value is -0.650. The Balaban J connectivity index is 3.47. The van der Waals surface area contributed by atoms with Gasteiger partial charge in [0.25, 0.3) is 0 Å². The summed E-state index contributed by atoms with van der Waals surface area (Å²) in [6.45, 7) is 4.23. The first-order chi connectivity index (χ1) is 30.6. The highest BCUT2D eigenvalue weighted by atomic mass is 16.3. The van der Waals surface area contributed by atoms with Gasteiger partial charge in [-0.3, -0.25) is 4.79 Å². The van der Waals surface area contributed by atoms with Gasteiger partial charge >= 0.3 is 0 Å². The van der Waals surface area contributed by atoms with E-state index in [9.17, 15) is 20.1 Å². The molecular formula is C57H115NO4. The van der Waals surface area contributed by atoms with Crippen LogP contribution < -0.4 is 5.32 Å². The maximum atomic E-state index is 12.5. The van der Waals surface area contributed by atoms with Crippen LogP contribution in [0.25, 0.3) is 0 Å². The molecule has 5 nitrogen and oxygen atoms in total. The number of carbonyl (C=O) groups is 1. The van der Waals surface area contributed by atoms with Crippen molar-refractivity contribution in [1.82, 2.24) is 5.32 Å². The molecule has 3 atom stereocenters. The first-order valence-corrected chi connectivity index (χ1v) is 28.8. The SMILES string of the molecule is CCCCCCCCCCCCCCCCCCCCCCCCCCCCCCC(=O)NC(CO)C(O)C(O)CCCCCCCCCCCCCCCCCCCCCC. The first-order valence-electron chi connectivity index (χ1n) is 28.8. The molecule has 0 rings (SSSR count). The second-order valence-corrected chi connectivity index (χ2v) is 20.2. The Kier molecular flexibility index (Phi) is 52.4. The normalized spacial score (nSPS) is 13.2. The van der Waals surface area contributed by atoms with E-state index in [-0.39, 0.29) is 12.5 Å². The summed E-state index contributed by atoms with van der Waals surface area (Å²) in [5, 5.41) is 33.8. The summed E-state index contributed by atoms with van der Waals surface area (Å²) in [5.74, 6) is -0.135. The largest absolute Gasteiger partial charge is 0.394 e. The summed E-state index contributed by atoms with van der Waals surface area (Å²) in [6.07, 6.45) is 64.1. The van der Waals surface area contributed by atoms with E-state index in [0.29, 0.717) is 12.8 Å². The van der Waals surface area contributed by atoms with Crippen molar-refractivity contribution >= 4 is 5.91 Å². The summed E-state index contributed by atoms with van der Waals surface area (Å²) >= 11 is 0. The van der Waals surface area contributed by atoms with E-state index in [2.05, 4.69) is 19.2 Å². The number of hydrogen-bond donors (Lipinski definition) is 4. The molecule has 0 aliphatic rings. The number of aliphatic hydroxyl groups is 3. The highest BCUT2D eigenvalue weighted by Crippen LogP contribution is 2.19. The molecule has 4 N–H and O–H groups in total. The molecule has 3 unspecified atom stereocenters. The standard InChI is InChI=1S/C57H115NO4/c1-3-5-7-9-11-13-15-17-19-21-23-25-26-27-28-29-30-31-32-34-36-38-40-42-44-46-48-50-52-56(61)58-54(53-59)57(62)55(60)51-49-47-45-43-41-39-37-35-33-24-22-20-18-16-14-12-10-8-6-4-2/h54-55,57,59-60,62H,3-53H2,1-2H3,(H,58,61). The van der Waals surface area contributed by atoms with Crippen LogP contribution in [-0.4, -0.2) is 46.1 Å². The van der Waals surface area contributed by atoms with Gasteiger partial charge in [0.15, 0.2) is 0 Å². The molecule has 0 bridgehead atoms. The summed E-state index contributed by atoms with van der Waals surface area (Å²) in [5.41, 5.74) is 0. The average Bonchev–Trinajstić information content (AvgIpc) is 3.28. The second-order valence-electron chi connectivity index (χ2n) is 20.2. The fourth-order valence-electron chi connectivity index (χ4n) is 9.52. The van der Waals surface area contributed by atoms with E-state index in [4.69, 9.17) is 0 Å². The number of aliphatic hydroxyl groups excluding tert-OH is 3. The lowest BCUT2D eigenvalue weighted by molar-refractivity contribution is -0.124. The Labute approximate surface area is 389 Å². The van der Waals surface area contributed by atoms with Crippen molar-refractivity contribution in [3.63, 3.8) is 0 Å². The topological polar surface area (TPSA) is 89.8 Å². The number of amides is 1. The van der Waals surface area contributed by atoms with Gasteiger partial charge in [0, 0.05) is 6.42 Å². The summed E-state index contributed by atoms with van der Waals surface area (Å²) in [6, 6.07) is -0.804. The molecule has 0 aromatic rings. The maximum absolute atomic E-state index is 12.5. The maximum Gasteiger partial charge on any atom is 0.220 e. The lowest BCUT2D eigenvalue weighted by Gasteiger charge is -2.26. The van der Waals surface area contributed by atoms with E-state index in [1.807, 2.05) is 0 Å². The van der Waals surface area contributed by atoms with Crippen molar-refractivity contribution in [2.24, 2.45) is 0 Å². The van der Waals surface area contributed by atoms with E-state index >= 15 is 0 Å². The van der Waals surface area contributed by atoms with Gasteiger partial charge < -0.3 is 20.6 Å². The molecule has 0 spiro atoms. The molecule has 372 valence electrons. The third-order valence-electron chi connectivity index (χ3n) is 14.0. The zero-order chi connectivity index (χ0) is 45.1. The van der Waals surface area contributed by atoms with Crippen LogP contribution in [0, 0.1) is 0 Å². The van der Waals surface area contributed by atoms with Crippen molar-refractivity contribution < 1.29 is 20.1 Å². The van der Waals surface area contributed by atoms with Crippen molar-refractivity contribution in [3.8, 4) is 0 Å². The quantitative estimate of drug-likeness (QED) is 0.0458. The van der Waals surface area contributed by atoms with Crippen LogP contribution in [0.5, 0.6) is 0 Å². The third-order valence-corrected chi connectivity index (χ3v) is 14.0. The minimum atomic E-state index is -1.13. The molecule has 0 saturated heterocycles. The van der Waals surface area contributed by atoms with Gasteiger partial charge in [0.05, 0.1) is 18.8 Å². The van der Waals surface area contributed by atoms with Crippen LogP contribution in [0.15, 0.2) is 0 Å². The highest BCUT2D eigenvalue weighted by Gasteiger charge is 2.26. The van der Waals surface area contributed by atoms with Gasteiger partial charge in [0.2, 0.25) is 5.91 Å². The van der Waals surface area contributed by atoms with E-state index in [1.54, 1.807) is 0 Å². The van der Waals surface area contributed by atoms with Crippen LogP contribution in [0.3, 0.4) is 0 Å². The van der Waals surface area contributed by atoms with Gasteiger partial charge in [-0.15, -0.1) is 0 Å². The molecule has 0 heterocycles. The number of rotatable bonds is 54. The molecule has 0 aliphatic carbocycles. The van der Waals surface area contributed by atoms with Crippen molar-refractivity contribution in [1.29, 1.82) is 0 Å². The minimum Gasteiger partial charge on any atom is -0.394 e. The monoisotopic (exact) mass is 878 g/mol. The highest BCUT2D eigenvalue weighted by molar-refractivity contribution is 5.76. The van der Waals surface area contributed by atoms with Crippen molar-refractivity contribution in [2.75, 3.05) is 6.61 Å².